The number of amides is 1. The summed E-state index contributed by atoms with van der Waals surface area (Å²) in [6, 6.07) is 1.51. The first-order valence-electron chi connectivity index (χ1n) is 6.70. The zero-order valence-electron chi connectivity index (χ0n) is 11.7. The number of rotatable bonds is 4. The number of alkyl halides is 3. The van der Waals surface area contributed by atoms with Gasteiger partial charge >= 0.3 is 6.18 Å². The number of likely N-dealkylation sites (tertiary alicyclic amines) is 1. The molecule has 1 aromatic rings. The van der Waals surface area contributed by atoms with Crippen LogP contribution >= 0.6 is 0 Å². The molecule has 0 aromatic carbocycles. The van der Waals surface area contributed by atoms with Gasteiger partial charge in [0, 0.05) is 19.3 Å². The average Bonchev–Trinajstić information content (AvgIpc) is 2.81. The van der Waals surface area contributed by atoms with Crippen molar-refractivity contribution in [1.29, 1.82) is 0 Å². The van der Waals surface area contributed by atoms with Crippen molar-refractivity contribution in [3.8, 4) is 0 Å². The largest absolute Gasteiger partial charge is 0.401 e. The fourth-order valence-corrected chi connectivity index (χ4v) is 2.39. The minimum atomic E-state index is -4.17. The Morgan fingerprint density at radius 1 is 1.52 bits per heavy atom. The summed E-state index contributed by atoms with van der Waals surface area (Å²) >= 11 is 0. The van der Waals surface area contributed by atoms with Gasteiger partial charge in [-0.05, 0) is 31.9 Å². The van der Waals surface area contributed by atoms with Crippen LogP contribution in [0.25, 0.3) is 0 Å². The van der Waals surface area contributed by atoms with E-state index >= 15 is 0 Å². The van der Waals surface area contributed by atoms with E-state index in [1.54, 1.807) is 6.92 Å². The molecule has 1 amide bonds. The monoisotopic (exact) mass is 302 g/mol. The fourth-order valence-electron chi connectivity index (χ4n) is 2.39. The first-order chi connectivity index (χ1) is 9.83. The second-order valence-corrected chi connectivity index (χ2v) is 5.20. The van der Waals surface area contributed by atoms with Crippen molar-refractivity contribution in [2.24, 2.45) is 5.92 Å². The number of halogens is 3. The predicted molar refractivity (Wildman–Crippen MR) is 69.7 cm³/mol. The zero-order chi connectivity index (χ0) is 15.5. The van der Waals surface area contributed by atoms with Gasteiger partial charge in [0.2, 0.25) is 0 Å². The first-order valence-corrected chi connectivity index (χ1v) is 6.70. The van der Waals surface area contributed by atoms with Crippen molar-refractivity contribution in [2.45, 2.75) is 19.5 Å². The van der Waals surface area contributed by atoms with Crippen LogP contribution in [0.5, 0.6) is 0 Å². The Morgan fingerprint density at radius 2 is 2.29 bits per heavy atom. The van der Waals surface area contributed by atoms with E-state index in [2.05, 4.69) is 15.3 Å². The summed E-state index contributed by atoms with van der Waals surface area (Å²) in [5.41, 5.74) is 0.271. The molecule has 2 heterocycles. The molecule has 1 fully saturated rings. The number of nitrogens with one attached hydrogen (secondary N) is 1. The van der Waals surface area contributed by atoms with Gasteiger partial charge in [0.05, 0.1) is 6.54 Å². The fraction of sp³-hybridized carbons (Fsp3) is 0.615. The molecular weight excluding hydrogens is 285 g/mol. The number of aromatic nitrogens is 2. The Morgan fingerprint density at radius 3 is 2.95 bits per heavy atom. The molecule has 1 aliphatic heterocycles. The van der Waals surface area contributed by atoms with Gasteiger partial charge in [0.1, 0.15) is 11.5 Å². The maximum atomic E-state index is 12.3. The van der Waals surface area contributed by atoms with Crippen molar-refractivity contribution in [3.63, 3.8) is 0 Å². The second-order valence-electron chi connectivity index (χ2n) is 5.20. The molecule has 21 heavy (non-hydrogen) atoms. The van der Waals surface area contributed by atoms with Crippen LogP contribution in [-0.4, -0.2) is 53.1 Å². The third-order valence-corrected chi connectivity index (χ3v) is 3.33. The van der Waals surface area contributed by atoms with Crippen molar-refractivity contribution >= 4 is 5.91 Å². The maximum Gasteiger partial charge on any atom is 0.401 e. The highest BCUT2D eigenvalue weighted by atomic mass is 19.4. The summed E-state index contributed by atoms with van der Waals surface area (Å²) in [5, 5.41) is 2.71. The molecule has 0 saturated carbocycles. The van der Waals surface area contributed by atoms with Crippen LogP contribution < -0.4 is 5.32 Å². The number of hydrogen-bond acceptors (Lipinski definition) is 4. The highest BCUT2D eigenvalue weighted by Gasteiger charge is 2.34. The first kappa shape index (κ1) is 15.7. The third kappa shape index (κ3) is 4.96. The molecule has 0 radical (unpaired) electrons. The van der Waals surface area contributed by atoms with Crippen LogP contribution in [0.2, 0.25) is 0 Å². The quantitative estimate of drug-likeness (QED) is 0.913. The van der Waals surface area contributed by atoms with E-state index in [1.165, 1.54) is 17.2 Å². The Balaban J connectivity index is 1.78. The molecule has 116 valence electrons. The topological polar surface area (TPSA) is 58.1 Å². The molecule has 0 spiro atoms. The lowest BCUT2D eigenvalue weighted by molar-refractivity contribution is -0.143. The summed E-state index contributed by atoms with van der Waals surface area (Å²) in [6.07, 6.45) is -2.02. The molecule has 2 rings (SSSR count). The smallest absolute Gasteiger partial charge is 0.350 e. The highest BCUT2D eigenvalue weighted by molar-refractivity contribution is 5.92. The molecule has 1 aromatic heterocycles. The molecule has 8 heteroatoms. The van der Waals surface area contributed by atoms with Gasteiger partial charge in [0.15, 0.2) is 0 Å². The second kappa shape index (κ2) is 6.38. The van der Waals surface area contributed by atoms with Crippen LogP contribution in [0.4, 0.5) is 13.2 Å². The Hall–Kier alpha value is -1.70. The number of aryl methyl sites for hydroxylation is 1. The third-order valence-electron chi connectivity index (χ3n) is 3.33. The molecule has 0 unspecified atom stereocenters. The van der Waals surface area contributed by atoms with Crippen LogP contribution in [-0.2, 0) is 0 Å². The van der Waals surface area contributed by atoms with Gasteiger partial charge in [0.25, 0.3) is 5.91 Å². The van der Waals surface area contributed by atoms with Gasteiger partial charge < -0.3 is 5.32 Å². The predicted octanol–water partition coefficient (Wildman–Crippen LogP) is 1.40. The van der Waals surface area contributed by atoms with E-state index in [1.807, 2.05) is 0 Å². The van der Waals surface area contributed by atoms with Gasteiger partial charge in [-0.1, -0.05) is 0 Å². The lowest BCUT2D eigenvalue weighted by Crippen LogP contribution is -2.35. The number of carbonyl (C=O) groups excluding carboxylic acids is 1. The summed E-state index contributed by atoms with van der Waals surface area (Å²) in [4.78, 5) is 21.1. The summed E-state index contributed by atoms with van der Waals surface area (Å²) in [7, 11) is 0. The molecule has 1 N–H and O–H groups in total. The summed E-state index contributed by atoms with van der Waals surface area (Å²) < 4.78 is 36.8. The Bertz CT molecular complexity index is 506. The van der Waals surface area contributed by atoms with Gasteiger partial charge in [-0.2, -0.15) is 13.2 Å². The van der Waals surface area contributed by atoms with E-state index in [4.69, 9.17) is 0 Å². The molecule has 1 saturated heterocycles. The van der Waals surface area contributed by atoms with E-state index in [0.29, 0.717) is 31.9 Å². The molecule has 0 aliphatic carbocycles. The number of carbonyl (C=O) groups is 1. The van der Waals surface area contributed by atoms with Crippen LogP contribution in [0.1, 0.15) is 22.7 Å². The van der Waals surface area contributed by atoms with Crippen molar-refractivity contribution < 1.29 is 18.0 Å². The van der Waals surface area contributed by atoms with Crippen molar-refractivity contribution in [1.82, 2.24) is 20.2 Å². The summed E-state index contributed by atoms with van der Waals surface area (Å²) in [6.45, 7) is 1.91. The average molecular weight is 302 g/mol. The standard InChI is InChI=1S/C13H17F3N4O/c1-9-17-4-2-11(19-9)12(21)18-6-10-3-5-20(7-10)8-13(14,15)16/h2,4,10H,3,5-8H2,1H3,(H,18,21)/t10-/m0/s1. The molecule has 5 nitrogen and oxygen atoms in total. The van der Waals surface area contributed by atoms with E-state index in [0.717, 1.165) is 0 Å². The Labute approximate surface area is 120 Å². The number of nitrogens with zero attached hydrogens (tertiary/aromatic N) is 3. The SMILES string of the molecule is Cc1nccc(C(=O)NC[C@@H]2CCN(CC(F)(F)F)C2)n1. The van der Waals surface area contributed by atoms with Gasteiger partial charge in [-0.15, -0.1) is 0 Å². The lowest BCUT2D eigenvalue weighted by atomic mass is 10.1. The summed E-state index contributed by atoms with van der Waals surface area (Å²) in [5.74, 6) is 0.217. The molecule has 1 atom stereocenters. The van der Waals surface area contributed by atoms with Crippen molar-refractivity contribution in [3.05, 3.63) is 23.8 Å². The van der Waals surface area contributed by atoms with Gasteiger partial charge in [-0.25, -0.2) is 9.97 Å². The van der Waals surface area contributed by atoms with E-state index < -0.39 is 12.7 Å². The van der Waals surface area contributed by atoms with Crippen LogP contribution in [0.15, 0.2) is 12.3 Å². The van der Waals surface area contributed by atoms with Crippen molar-refractivity contribution in [2.75, 3.05) is 26.2 Å². The van der Waals surface area contributed by atoms with Crippen LogP contribution in [0.3, 0.4) is 0 Å². The highest BCUT2D eigenvalue weighted by Crippen LogP contribution is 2.22. The Kier molecular flexibility index (Phi) is 4.76. The van der Waals surface area contributed by atoms with E-state index in [-0.39, 0.29) is 17.5 Å². The molecular formula is C13H17F3N4O. The normalized spacial score (nSPS) is 19.7. The molecule has 1 aliphatic rings. The molecule has 0 bridgehead atoms. The number of hydrogen-bond donors (Lipinski definition) is 1. The lowest BCUT2D eigenvalue weighted by Gasteiger charge is -2.17. The maximum absolute atomic E-state index is 12.3. The van der Waals surface area contributed by atoms with Crippen LogP contribution in [0, 0.1) is 12.8 Å². The van der Waals surface area contributed by atoms with E-state index in [9.17, 15) is 18.0 Å². The zero-order valence-corrected chi connectivity index (χ0v) is 11.7. The minimum absolute atomic E-state index is 0.0410. The minimum Gasteiger partial charge on any atom is -0.350 e. The van der Waals surface area contributed by atoms with Gasteiger partial charge in [-0.3, -0.25) is 9.69 Å².